The molecule has 0 saturated heterocycles. The van der Waals surface area contributed by atoms with E-state index in [1.54, 1.807) is 6.92 Å². The summed E-state index contributed by atoms with van der Waals surface area (Å²) in [4.78, 5) is 24.4. The molecule has 0 bridgehead atoms. The van der Waals surface area contributed by atoms with Crippen molar-refractivity contribution in [3.63, 3.8) is 0 Å². The van der Waals surface area contributed by atoms with E-state index in [1.165, 1.54) is 14.2 Å². The van der Waals surface area contributed by atoms with Crippen molar-refractivity contribution in [2.75, 3.05) is 26.1 Å². The third-order valence-electron chi connectivity index (χ3n) is 4.26. The fourth-order valence-corrected chi connectivity index (χ4v) is 4.23. The number of ether oxygens (including phenoxy) is 2. The molecule has 2 heterocycles. The van der Waals surface area contributed by atoms with Crippen molar-refractivity contribution >= 4 is 57.2 Å². The SMILES string of the molecule is COC(=O)c1sc(NC(=S)NCCCn2nc(C)c(Cl)c2C)c(C(=O)OC)c1C. The van der Waals surface area contributed by atoms with Crippen LogP contribution in [0.5, 0.6) is 0 Å². The van der Waals surface area contributed by atoms with Crippen LogP contribution >= 0.6 is 35.2 Å². The maximum atomic E-state index is 12.1. The third-order valence-corrected chi connectivity index (χ3v) is 6.24. The van der Waals surface area contributed by atoms with Crippen molar-refractivity contribution in [2.45, 2.75) is 33.7 Å². The number of halogens is 1. The summed E-state index contributed by atoms with van der Waals surface area (Å²) in [5, 5.41) is 11.9. The zero-order chi connectivity index (χ0) is 21.7. The molecule has 11 heteroatoms. The van der Waals surface area contributed by atoms with Crippen LogP contribution in [-0.4, -0.2) is 47.6 Å². The Labute approximate surface area is 183 Å². The van der Waals surface area contributed by atoms with Gasteiger partial charge in [-0.25, -0.2) is 9.59 Å². The summed E-state index contributed by atoms with van der Waals surface area (Å²) in [5.74, 6) is -1.08. The molecule has 0 saturated carbocycles. The first kappa shape index (κ1) is 23.1. The maximum Gasteiger partial charge on any atom is 0.348 e. The van der Waals surface area contributed by atoms with Crippen LogP contribution in [0.3, 0.4) is 0 Å². The van der Waals surface area contributed by atoms with Gasteiger partial charge in [0, 0.05) is 13.1 Å². The van der Waals surface area contributed by atoms with Crippen LogP contribution in [0.4, 0.5) is 5.00 Å². The number of rotatable bonds is 7. The first-order valence-corrected chi connectivity index (χ1v) is 10.4. The fraction of sp³-hybridized carbons (Fsp3) is 0.444. The Morgan fingerprint density at radius 2 is 1.86 bits per heavy atom. The zero-order valence-corrected chi connectivity index (χ0v) is 19.2. The fourth-order valence-electron chi connectivity index (χ4n) is 2.71. The highest BCUT2D eigenvalue weighted by molar-refractivity contribution is 7.80. The first-order valence-electron chi connectivity index (χ1n) is 8.75. The average molecular weight is 459 g/mol. The lowest BCUT2D eigenvalue weighted by molar-refractivity contribution is 0.0601. The summed E-state index contributed by atoms with van der Waals surface area (Å²) < 4.78 is 11.5. The van der Waals surface area contributed by atoms with Gasteiger partial charge in [-0.15, -0.1) is 11.3 Å². The Bertz CT molecular complexity index is 939. The van der Waals surface area contributed by atoms with Crippen LogP contribution in [0.1, 0.15) is 43.4 Å². The minimum Gasteiger partial charge on any atom is -0.465 e. The molecule has 0 aliphatic carbocycles. The largest absolute Gasteiger partial charge is 0.465 e. The lowest BCUT2D eigenvalue weighted by Crippen LogP contribution is -2.30. The predicted molar refractivity (Wildman–Crippen MR) is 117 cm³/mol. The minimum atomic E-state index is -0.555. The van der Waals surface area contributed by atoms with Crippen LogP contribution < -0.4 is 10.6 Å². The van der Waals surface area contributed by atoms with Gasteiger partial charge < -0.3 is 20.1 Å². The number of esters is 2. The molecule has 0 spiro atoms. The number of anilines is 1. The molecule has 2 N–H and O–H groups in total. The van der Waals surface area contributed by atoms with Crippen molar-refractivity contribution in [3.8, 4) is 0 Å². The average Bonchev–Trinajstić information content (AvgIpc) is 3.15. The lowest BCUT2D eigenvalue weighted by atomic mass is 10.1. The molecule has 0 unspecified atom stereocenters. The van der Waals surface area contributed by atoms with Crippen LogP contribution in [0.15, 0.2) is 0 Å². The highest BCUT2D eigenvalue weighted by Gasteiger charge is 2.26. The van der Waals surface area contributed by atoms with Crippen LogP contribution in [0.25, 0.3) is 0 Å². The molecule has 0 amide bonds. The number of nitrogens with zero attached hydrogens (tertiary/aromatic N) is 2. The van der Waals surface area contributed by atoms with Gasteiger partial charge in [0.25, 0.3) is 0 Å². The van der Waals surface area contributed by atoms with Crippen molar-refractivity contribution in [2.24, 2.45) is 0 Å². The minimum absolute atomic E-state index is 0.263. The quantitative estimate of drug-likeness (QED) is 0.370. The van der Waals surface area contributed by atoms with Gasteiger partial charge in [-0.05, 0) is 45.0 Å². The van der Waals surface area contributed by atoms with Gasteiger partial charge in [-0.1, -0.05) is 11.6 Å². The zero-order valence-electron chi connectivity index (χ0n) is 16.8. The number of aromatic nitrogens is 2. The molecule has 158 valence electrons. The molecule has 0 fully saturated rings. The highest BCUT2D eigenvalue weighted by Crippen LogP contribution is 2.34. The normalized spacial score (nSPS) is 10.6. The molecule has 2 aromatic heterocycles. The van der Waals surface area contributed by atoms with Gasteiger partial charge in [0.15, 0.2) is 5.11 Å². The summed E-state index contributed by atoms with van der Waals surface area (Å²) in [5.41, 5.74) is 2.48. The number of carbonyl (C=O) groups excluding carboxylic acids is 2. The Morgan fingerprint density at radius 1 is 1.21 bits per heavy atom. The number of thiocarbonyl (C=S) groups is 1. The lowest BCUT2D eigenvalue weighted by Gasteiger charge is -2.11. The molecule has 2 aromatic rings. The summed E-state index contributed by atoms with van der Waals surface area (Å²) in [6.45, 7) is 6.73. The van der Waals surface area contributed by atoms with E-state index in [4.69, 9.17) is 33.3 Å². The van der Waals surface area contributed by atoms with E-state index in [0.29, 0.717) is 38.7 Å². The Balaban J connectivity index is 2.00. The standard InChI is InChI=1S/C18H23ClN4O4S2/c1-9-12(16(24)26-4)15(29-14(9)17(25)27-5)21-18(28)20-7-6-8-23-11(3)13(19)10(2)22-23/h6-8H2,1-5H3,(H2,20,21,28). The first-order chi connectivity index (χ1) is 13.7. The van der Waals surface area contributed by atoms with Gasteiger partial charge in [0.05, 0.1) is 36.2 Å². The second-order valence-corrected chi connectivity index (χ2v) is 7.99. The number of thiophene rings is 1. The molecule has 0 aromatic carbocycles. The van der Waals surface area contributed by atoms with Crippen LogP contribution in [0.2, 0.25) is 5.02 Å². The Morgan fingerprint density at radius 3 is 2.41 bits per heavy atom. The van der Waals surface area contributed by atoms with Gasteiger partial charge in [0.1, 0.15) is 9.88 Å². The van der Waals surface area contributed by atoms with Gasteiger partial charge in [-0.3, -0.25) is 4.68 Å². The van der Waals surface area contributed by atoms with Crippen molar-refractivity contribution in [1.29, 1.82) is 0 Å². The third kappa shape index (κ3) is 5.26. The number of aryl methyl sites for hydroxylation is 2. The Kier molecular flexibility index (Phi) is 8.00. The van der Waals surface area contributed by atoms with Crippen molar-refractivity contribution in [1.82, 2.24) is 15.1 Å². The van der Waals surface area contributed by atoms with E-state index >= 15 is 0 Å². The monoisotopic (exact) mass is 458 g/mol. The topological polar surface area (TPSA) is 94.5 Å². The van der Waals surface area contributed by atoms with Gasteiger partial charge >= 0.3 is 11.9 Å². The van der Waals surface area contributed by atoms with E-state index in [9.17, 15) is 9.59 Å². The molecular weight excluding hydrogens is 436 g/mol. The van der Waals surface area contributed by atoms with Gasteiger partial charge in [-0.2, -0.15) is 5.10 Å². The number of nitrogens with one attached hydrogen (secondary N) is 2. The number of hydrogen-bond acceptors (Lipinski definition) is 7. The van der Waals surface area contributed by atoms with E-state index in [0.717, 1.165) is 29.1 Å². The number of carbonyl (C=O) groups is 2. The van der Waals surface area contributed by atoms with E-state index in [-0.39, 0.29) is 5.56 Å². The summed E-state index contributed by atoms with van der Waals surface area (Å²) >= 11 is 12.6. The van der Waals surface area contributed by atoms with E-state index < -0.39 is 11.9 Å². The molecule has 0 radical (unpaired) electrons. The second kappa shape index (κ2) is 10.0. The summed E-state index contributed by atoms with van der Waals surface area (Å²) in [6.07, 6.45) is 0.765. The van der Waals surface area contributed by atoms with E-state index in [1.807, 2.05) is 18.5 Å². The van der Waals surface area contributed by atoms with Gasteiger partial charge in [0.2, 0.25) is 0 Å². The predicted octanol–water partition coefficient (Wildman–Crippen LogP) is 3.47. The summed E-state index contributed by atoms with van der Waals surface area (Å²) in [7, 11) is 2.57. The molecular formula is C18H23ClN4O4S2. The number of methoxy groups -OCH3 is 2. The second-order valence-electron chi connectivity index (χ2n) is 6.19. The van der Waals surface area contributed by atoms with Crippen molar-refractivity contribution < 1.29 is 19.1 Å². The molecule has 0 aliphatic rings. The molecule has 8 nitrogen and oxygen atoms in total. The molecule has 2 rings (SSSR count). The van der Waals surface area contributed by atoms with Crippen LogP contribution in [0, 0.1) is 20.8 Å². The van der Waals surface area contributed by atoms with Crippen LogP contribution in [-0.2, 0) is 16.0 Å². The summed E-state index contributed by atoms with van der Waals surface area (Å²) in [6, 6.07) is 0. The van der Waals surface area contributed by atoms with Crippen molar-refractivity contribution in [3.05, 3.63) is 32.4 Å². The smallest absolute Gasteiger partial charge is 0.348 e. The maximum absolute atomic E-state index is 12.1. The van der Waals surface area contributed by atoms with E-state index in [2.05, 4.69) is 15.7 Å². The Hall–Kier alpha value is -2.17. The highest BCUT2D eigenvalue weighted by atomic mass is 35.5. The molecule has 0 atom stereocenters. The molecule has 29 heavy (non-hydrogen) atoms. The number of hydrogen-bond donors (Lipinski definition) is 2. The molecule has 0 aliphatic heterocycles.